The lowest BCUT2D eigenvalue weighted by atomic mass is 9.92. The van der Waals surface area contributed by atoms with Gasteiger partial charge in [-0.05, 0) is 31.1 Å². The fourth-order valence-corrected chi connectivity index (χ4v) is 2.43. The Labute approximate surface area is 112 Å². The number of benzene rings is 1. The van der Waals surface area contributed by atoms with E-state index in [-0.39, 0.29) is 0 Å². The Hall–Kier alpha value is -1.54. The van der Waals surface area contributed by atoms with E-state index < -0.39 is 0 Å². The first-order chi connectivity index (χ1) is 8.88. The normalized spacial score (nSPS) is 20.4. The molecule has 0 saturated heterocycles. The van der Waals surface area contributed by atoms with Crippen molar-refractivity contribution in [2.45, 2.75) is 12.8 Å². The Balaban J connectivity index is 1.95. The highest BCUT2D eigenvalue weighted by atomic mass is 35.5. The van der Waals surface area contributed by atoms with Crippen LogP contribution in [0.5, 0.6) is 5.75 Å². The van der Waals surface area contributed by atoms with E-state index in [0.717, 1.165) is 35.7 Å². The van der Waals surface area contributed by atoms with E-state index in [4.69, 9.17) is 21.3 Å². The molecule has 2 aliphatic rings. The van der Waals surface area contributed by atoms with Crippen LogP contribution in [-0.2, 0) is 0 Å². The molecule has 1 aromatic rings. The zero-order valence-corrected chi connectivity index (χ0v) is 10.7. The fourth-order valence-electron chi connectivity index (χ4n) is 2.27. The second kappa shape index (κ2) is 4.99. The van der Waals surface area contributed by atoms with Crippen molar-refractivity contribution >= 4 is 23.0 Å². The number of para-hydroxylation sites is 2. The Bertz CT molecular complexity index is 545. The molecular formula is C15H14ClNO. The second-order valence-corrected chi connectivity index (χ2v) is 4.80. The Morgan fingerprint density at radius 3 is 3.06 bits per heavy atom. The topological polar surface area (TPSA) is 21.6 Å². The van der Waals surface area contributed by atoms with Crippen LogP contribution in [0.1, 0.15) is 12.8 Å². The number of hydrogen-bond donors (Lipinski definition) is 0. The molecule has 0 amide bonds. The quantitative estimate of drug-likeness (QED) is 0.744. The van der Waals surface area contributed by atoms with E-state index in [2.05, 4.69) is 6.08 Å². The number of alkyl halides is 1. The summed E-state index contributed by atoms with van der Waals surface area (Å²) >= 11 is 5.77. The predicted molar refractivity (Wildman–Crippen MR) is 74.8 cm³/mol. The Morgan fingerprint density at radius 2 is 2.17 bits per heavy atom. The first-order valence-corrected chi connectivity index (χ1v) is 6.72. The van der Waals surface area contributed by atoms with Crippen molar-refractivity contribution in [2.75, 3.05) is 5.88 Å². The molecule has 1 atom stereocenters. The summed E-state index contributed by atoms with van der Waals surface area (Å²) in [4.78, 5) is 4.73. The van der Waals surface area contributed by atoms with Crippen molar-refractivity contribution < 1.29 is 4.74 Å². The van der Waals surface area contributed by atoms with Crippen LogP contribution in [0.2, 0.25) is 0 Å². The molecule has 3 heteroatoms. The first kappa shape index (κ1) is 11.5. The molecule has 92 valence electrons. The van der Waals surface area contributed by atoms with Gasteiger partial charge in [0.25, 0.3) is 0 Å². The zero-order chi connectivity index (χ0) is 12.4. The molecule has 0 fully saturated rings. The van der Waals surface area contributed by atoms with Crippen molar-refractivity contribution in [1.29, 1.82) is 0 Å². The van der Waals surface area contributed by atoms with Gasteiger partial charge in [0.05, 0.1) is 5.71 Å². The van der Waals surface area contributed by atoms with Gasteiger partial charge < -0.3 is 4.74 Å². The van der Waals surface area contributed by atoms with Gasteiger partial charge in [0.1, 0.15) is 11.4 Å². The monoisotopic (exact) mass is 259 g/mol. The minimum Gasteiger partial charge on any atom is -0.453 e. The maximum absolute atomic E-state index is 5.89. The predicted octanol–water partition coefficient (Wildman–Crippen LogP) is 4.24. The molecule has 0 N–H and O–H groups in total. The number of allylic oxidation sites excluding steroid dienone is 4. The fraction of sp³-hybridized carbons (Fsp3) is 0.267. The summed E-state index contributed by atoms with van der Waals surface area (Å²) in [6.07, 6.45) is 8.20. The van der Waals surface area contributed by atoms with Crippen molar-refractivity contribution in [1.82, 2.24) is 0 Å². The summed E-state index contributed by atoms with van der Waals surface area (Å²) in [5, 5.41) is 0. The van der Waals surface area contributed by atoms with Gasteiger partial charge in [0.15, 0.2) is 5.75 Å². The maximum Gasteiger partial charge on any atom is 0.153 e. The molecule has 1 heterocycles. The van der Waals surface area contributed by atoms with E-state index in [9.17, 15) is 0 Å². The van der Waals surface area contributed by atoms with Gasteiger partial charge in [-0.1, -0.05) is 24.3 Å². The molecule has 2 nitrogen and oxygen atoms in total. The summed E-state index contributed by atoms with van der Waals surface area (Å²) in [5.41, 5.74) is 1.94. The summed E-state index contributed by atoms with van der Waals surface area (Å²) < 4.78 is 5.89. The summed E-state index contributed by atoms with van der Waals surface area (Å²) in [5.74, 6) is 2.71. The average Bonchev–Trinajstić information content (AvgIpc) is 2.43. The number of hydrogen-bond acceptors (Lipinski definition) is 2. The smallest absolute Gasteiger partial charge is 0.153 e. The van der Waals surface area contributed by atoms with E-state index in [1.807, 2.05) is 36.4 Å². The van der Waals surface area contributed by atoms with Gasteiger partial charge in [-0.25, -0.2) is 4.99 Å². The van der Waals surface area contributed by atoms with Gasteiger partial charge >= 0.3 is 0 Å². The minimum atomic E-state index is 0.317. The van der Waals surface area contributed by atoms with Crippen LogP contribution in [0, 0.1) is 5.92 Å². The highest BCUT2D eigenvalue weighted by Crippen LogP contribution is 2.36. The lowest BCUT2D eigenvalue weighted by molar-refractivity contribution is 0.442. The molecule has 1 aliphatic heterocycles. The van der Waals surface area contributed by atoms with Gasteiger partial charge in [-0.3, -0.25) is 0 Å². The van der Waals surface area contributed by atoms with Gasteiger partial charge in [0.2, 0.25) is 0 Å². The maximum atomic E-state index is 5.89. The number of rotatable bonds is 3. The second-order valence-electron chi connectivity index (χ2n) is 4.42. The SMILES string of the molecule is ClCCCC1C=CC=C2Oc3ccccc3N=C21. The van der Waals surface area contributed by atoms with E-state index in [1.54, 1.807) is 0 Å². The van der Waals surface area contributed by atoms with Crippen molar-refractivity contribution in [3.63, 3.8) is 0 Å². The molecule has 0 radical (unpaired) electrons. The van der Waals surface area contributed by atoms with Gasteiger partial charge in [0, 0.05) is 11.8 Å². The number of aliphatic imine (C=N–C) groups is 1. The molecule has 0 bridgehead atoms. The summed E-state index contributed by atoms with van der Waals surface area (Å²) in [6.45, 7) is 0. The van der Waals surface area contributed by atoms with Crippen LogP contribution in [0.25, 0.3) is 0 Å². The molecule has 3 rings (SSSR count). The highest BCUT2D eigenvalue weighted by molar-refractivity contribution is 6.17. The van der Waals surface area contributed by atoms with Crippen molar-refractivity contribution in [2.24, 2.45) is 10.9 Å². The van der Waals surface area contributed by atoms with Crippen LogP contribution >= 0.6 is 11.6 Å². The largest absolute Gasteiger partial charge is 0.453 e. The molecule has 0 saturated carbocycles. The molecule has 0 aromatic heterocycles. The number of ether oxygens (including phenoxy) is 1. The lowest BCUT2D eigenvalue weighted by Crippen LogP contribution is -2.23. The van der Waals surface area contributed by atoms with E-state index in [0.29, 0.717) is 11.8 Å². The minimum absolute atomic E-state index is 0.317. The van der Waals surface area contributed by atoms with E-state index >= 15 is 0 Å². The molecule has 1 unspecified atom stereocenters. The number of nitrogens with zero attached hydrogens (tertiary/aromatic N) is 1. The van der Waals surface area contributed by atoms with Gasteiger partial charge in [-0.2, -0.15) is 0 Å². The van der Waals surface area contributed by atoms with Crippen molar-refractivity contribution in [3.8, 4) is 5.75 Å². The molecule has 1 aromatic carbocycles. The zero-order valence-electron chi connectivity index (χ0n) is 9.97. The van der Waals surface area contributed by atoms with Gasteiger partial charge in [-0.15, -0.1) is 11.6 Å². The van der Waals surface area contributed by atoms with Crippen LogP contribution in [0.4, 0.5) is 5.69 Å². The number of fused-ring (bicyclic) bond motifs is 2. The van der Waals surface area contributed by atoms with E-state index in [1.165, 1.54) is 0 Å². The third-order valence-electron chi connectivity index (χ3n) is 3.17. The Morgan fingerprint density at radius 1 is 1.28 bits per heavy atom. The lowest BCUT2D eigenvalue weighted by Gasteiger charge is -2.25. The molecule has 0 spiro atoms. The molecular weight excluding hydrogens is 246 g/mol. The number of halogens is 1. The average molecular weight is 260 g/mol. The first-order valence-electron chi connectivity index (χ1n) is 6.19. The third-order valence-corrected chi connectivity index (χ3v) is 3.44. The third kappa shape index (κ3) is 2.08. The standard InChI is InChI=1S/C15H14ClNO/c16-10-4-6-11-5-3-9-14-15(11)17-12-7-1-2-8-13(12)18-14/h1-3,5,7-9,11H,4,6,10H2. The van der Waals surface area contributed by atoms with Crippen molar-refractivity contribution in [3.05, 3.63) is 48.3 Å². The van der Waals surface area contributed by atoms with Crippen LogP contribution in [0.15, 0.2) is 53.2 Å². The van der Waals surface area contributed by atoms with Crippen LogP contribution in [-0.4, -0.2) is 11.6 Å². The molecule has 1 aliphatic carbocycles. The Kier molecular flexibility index (Phi) is 3.20. The van der Waals surface area contributed by atoms with Crippen LogP contribution < -0.4 is 4.74 Å². The highest BCUT2D eigenvalue weighted by Gasteiger charge is 2.25. The van der Waals surface area contributed by atoms with Crippen LogP contribution in [0.3, 0.4) is 0 Å². The summed E-state index contributed by atoms with van der Waals surface area (Å²) in [6, 6.07) is 7.87. The molecule has 18 heavy (non-hydrogen) atoms. The summed E-state index contributed by atoms with van der Waals surface area (Å²) in [7, 11) is 0.